The molecular weight excluding hydrogens is 370 g/mol. The number of nitrogens with one attached hydrogen (secondary N) is 1. The van der Waals surface area contributed by atoms with Crippen LogP contribution in [0.15, 0.2) is 28.9 Å². The van der Waals surface area contributed by atoms with Crippen molar-refractivity contribution < 1.29 is 18.7 Å². The van der Waals surface area contributed by atoms with E-state index in [0.29, 0.717) is 17.3 Å². The average molecular weight is 394 g/mol. The first-order chi connectivity index (χ1) is 12.9. The van der Waals surface area contributed by atoms with Crippen LogP contribution in [0.4, 0.5) is 10.5 Å². The van der Waals surface area contributed by atoms with Crippen molar-refractivity contribution in [1.29, 1.82) is 0 Å². The minimum atomic E-state index is -0.582. The maximum atomic E-state index is 12.7. The molecule has 0 aliphatic rings. The number of oxazole rings is 1. The standard InChI is InChI=1S/C19H24ClN3O4/c1-4-5-6-9-23(11-17-22-16(12-27-17)18(24)26-3)19(25)21-14-8-7-13(2)15(20)10-14/h7-8,10,12H,4-6,9,11H2,1-3H3,(H,21,25). The molecule has 0 aliphatic heterocycles. The number of anilines is 1. The van der Waals surface area contributed by atoms with Gasteiger partial charge in [-0.25, -0.2) is 14.6 Å². The van der Waals surface area contributed by atoms with Gasteiger partial charge in [-0.15, -0.1) is 0 Å². The molecule has 146 valence electrons. The molecule has 8 heteroatoms. The molecule has 0 unspecified atom stereocenters. The fourth-order valence-electron chi connectivity index (χ4n) is 2.42. The number of hydrogen-bond donors (Lipinski definition) is 1. The SMILES string of the molecule is CCCCCN(Cc1nc(C(=O)OC)co1)C(=O)Nc1ccc(C)c(Cl)c1. The Morgan fingerprint density at radius 3 is 2.78 bits per heavy atom. The number of amides is 2. The van der Waals surface area contributed by atoms with Crippen molar-refractivity contribution in [3.63, 3.8) is 0 Å². The Kier molecular flexibility index (Phi) is 7.67. The number of aryl methyl sites for hydroxylation is 1. The maximum absolute atomic E-state index is 12.7. The van der Waals surface area contributed by atoms with Gasteiger partial charge in [0.15, 0.2) is 5.69 Å². The van der Waals surface area contributed by atoms with E-state index in [9.17, 15) is 9.59 Å². The predicted molar refractivity (Wildman–Crippen MR) is 103 cm³/mol. The summed E-state index contributed by atoms with van der Waals surface area (Å²) in [6, 6.07) is 5.06. The van der Waals surface area contributed by atoms with Gasteiger partial charge < -0.3 is 19.4 Å². The number of benzene rings is 1. The zero-order chi connectivity index (χ0) is 19.8. The third-order valence-corrected chi connectivity index (χ3v) is 4.42. The first kappa shape index (κ1) is 20.8. The molecule has 0 saturated carbocycles. The van der Waals surface area contributed by atoms with Crippen molar-refractivity contribution in [2.45, 2.75) is 39.7 Å². The van der Waals surface area contributed by atoms with Crippen molar-refractivity contribution in [3.05, 3.63) is 46.6 Å². The lowest BCUT2D eigenvalue weighted by atomic mass is 10.2. The Hall–Kier alpha value is -2.54. The maximum Gasteiger partial charge on any atom is 0.360 e. The van der Waals surface area contributed by atoms with E-state index in [-0.39, 0.29) is 24.2 Å². The first-order valence-electron chi connectivity index (χ1n) is 8.79. The molecule has 1 aromatic heterocycles. The van der Waals surface area contributed by atoms with Gasteiger partial charge in [0.25, 0.3) is 0 Å². The lowest BCUT2D eigenvalue weighted by molar-refractivity contribution is 0.0594. The van der Waals surface area contributed by atoms with Crippen LogP contribution in [0, 0.1) is 6.92 Å². The van der Waals surface area contributed by atoms with E-state index in [0.717, 1.165) is 24.8 Å². The van der Waals surface area contributed by atoms with E-state index >= 15 is 0 Å². The summed E-state index contributed by atoms with van der Waals surface area (Å²) in [6.07, 6.45) is 4.11. The topological polar surface area (TPSA) is 84.7 Å². The van der Waals surface area contributed by atoms with Gasteiger partial charge in [-0.3, -0.25) is 0 Å². The highest BCUT2D eigenvalue weighted by molar-refractivity contribution is 6.31. The van der Waals surface area contributed by atoms with Crippen LogP contribution in [0.5, 0.6) is 0 Å². The Morgan fingerprint density at radius 1 is 1.33 bits per heavy atom. The molecule has 0 bridgehead atoms. The number of carbonyl (C=O) groups excluding carboxylic acids is 2. The Morgan fingerprint density at radius 2 is 2.11 bits per heavy atom. The monoisotopic (exact) mass is 393 g/mol. The van der Waals surface area contributed by atoms with Gasteiger partial charge in [0.2, 0.25) is 5.89 Å². The zero-order valence-electron chi connectivity index (χ0n) is 15.8. The van der Waals surface area contributed by atoms with Crippen molar-refractivity contribution in [2.75, 3.05) is 19.0 Å². The second kappa shape index (κ2) is 9.97. The molecule has 7 nitrogen and oxygen atoms in total. The lowest BCUT2D eigenvalue weighted by Gasteiger charge is -2.22. The molecule has 1 aromatic carbocycles. The minimum Gasteiger partial charge on any atom is -0.464 e. The molecule has 2 aromatic rings. The molecular formula is C19H24ClN3O4. The second-order valence-electron chi connectivity index (χ2n) is 6.14. The summed E-state index contributed by atoms with van der Waals surface area (Å²) in [4.78, 5) is 29.9. The highest BCUT2D eigenvalue weighted by Crippen LogP contribution is 2.20. The summed E-state index contributed by atoms with van der Waals surface area (Å²) < 4.78 is 9.92. The number of hydrogen-bond acceptors (Lipinski definition) is 5. The van der Waals surface area contributed by atoms with Gasteiger partial charge in [0, 0.05) is 17.3 Å². The summed E-state index contributed by atoms with van der Waals surface area (Å²) in [7, 11) is 1.27. The summed E-state index contributed by atoms with van der Waals surface area (Å²) >= 11 is 6.12. The highest BCUT2D eigenvalue weighted by atomic mass is 35.5. The lowest BCUT2D eigenvalue weighted by Crippen LogP contribution is -2.35. The number of urea groups is 1. The first-order valence-corrected chi connectivity index (χ1v) is 9.17. The average Bonchev–Trinajstić information content (AvgIpc) is 3.12. The number of aromatic nitrogens is 1. The van der Waals surface area contributed by atoms with Crippen LogP contribution < -0.4 is 5.32 Å². The molecule has 1 heterocycles. The number of esters is 1. The highest BCUT2D eigenvalue weighted by Gasteiger charge is 2.19. The summed E-state index contributed by atoms with van der Waals surface area (Å²) in [5, 5.41) is 3.42. The van der Waals surface area contributed by atoms with Crippen LogP contribution in [0.3, 0.4) is 0 Å². The molecule has 0 aliphatic carbocycles. The minimum absolute atomic E-state index is 0.0757. The van der Waals surface area contributed by atoms with Gasteiger partial charge >= 0.3 is 12.0 Å². The normalized spacial score (nSPS) is 10.5. The van der Waals surface area contributed by atoms with E-state index in [4.69, 9.17) is 16.0 Å². The van der Waals surface area contributed by atoms with E-state index in [1.807, 2.05) is 13.0 Å². The Labute approximate surface area is 163 Å². The molecule has 0 fully saturated rings. The van der Waals surface area contributed by atoms with Crippen LogP contribution in [-0.2, 0) is 11.3 Å². The zero-order valence-corrected chi connectivity index (χ0v) is 16.5. The third-order valence-electron chi connectivity index (χ3n) is 4.01. The predicted octanol–water partition coefficient (Wildman–Crippen LogP) is 4.65. The molecule has 0 saturated heterocycles. The van der Waals surface area contributed by atoms with Crippen molar-refractivity contribution in [2.24, 2.45) is 0 Å². The molecule has 0 radical (unpaired) electrons. The van der Waals surface area contributed by atoms with Crippen LogP contribution in [0.2, 0.25) is 5.02 Å². The largest absolute Gasteiger partial charge is 0.464 e. The van der Waals surface area contributed by atoms with Gasteiger partial charge in [-0.05, 0) is 31.0 Å². The number of carbonyl (C=O) groups is 2. The van der Waals surface area contributed by atoms with E-state index < -0.39 is 5.97 Å². The Balaban J connectivity index is 2.09. The number of nitrogens with zero attached hydrogens (tertiary/aromatic N) is 2. The van der Waals surface area contributed by atoms with Crippen LogP contribution >= 0.6 is 11.6 Å². The van der Waals surface area contributed by atoms with E-state index in [1.165, 1.54) is 13.4 Å². The Bertz CT molecular complexity index is 791. The molecule has 0 spiro atoms. The van der Waals surface area contributed by atoms with Gasteiger partial charge in [0.1, 0.15) is 6.26 Å². The summed E-state index contributed by atoms with van der Waals surface area (Å²) in [6.45, 7) is 4.67. The van der Waals surface area contributed by atoms with E-state index in [2.05, 4.69) is 22.0 Å². The summed E-state index contributed by atoms with van der Waals surface area (Å²) in [5.74, 6) is -0.315. The number of unbranched alkanes of at least 4 members (excludes halogenated alkanes) is 2. The van der Waals surface area contributed by atoms with Crippen LogP contribution in [0.1, 0.15) is 48.1 Å². The quantitative estimate of drug-likeness (QED) is 0.521. The second-order valence-corrected chi connectivity index (χ2v) is 6.55. The van der Waals surface area contributed by atoms with E-state index in [1.54, 1.807) is 17.0 Å². The fraction of sp³-hybridized carbons (Fsp3) is 0.421. The van der Waals surface area contributed by atoms with Crippen molar-refractivity contribution in [3.8, 4) is 0 Å². The van der Waals surface area contributed by atoms with Gasteiger partial charge in [0.05, 0.1) is 13.7 Å². The number of rotatable bonds is 8. The number of methoxy groups -OCH3 is 1. The van der Waals surface area contributed by atoms with Gasteiger partial charge in [-0.1, -0.05) is 37.4 Å². The smallest absolute Gasteiger partial charge is 0.360 e. The number of halogens is 1. The van der Waals surface area contributed by atoms with Crippen LogP contribution in [-0.4, -0.2) is 35.5 Å². The van der Waals surface area contributed by atoms with Crippen molar-refractivity contribution >= 4 is 29.3 Å². The third kappa shape index (κ3) is 5.99. The summed E-state index contributed by atoms with van der Waals surface area (Å²) in [5.41, 5.74) is 1.62. The molecule has 2 amide bonds. The molecule has 2 rings (SSSR count). The molecule has 1 N–H and O–H groups in total. The van der Waals surface area contributed by atoms with Crippen molar-refractivity contribution in [1.82, 2.24) is 9.88 Å². The number of ether oxygens (including phenoxy) is 1. The molecule has 0 atom stereocenters. The van der Waals surface area contributed by atoms with Crippen LogP contribution in [0.25, 0.3) is 0 Å². The van der Waals surface area contributed by atoms with Gasteiger partial charge in [-0.2, -0.15) is 0 Å². The fourth-order valence-corrected chi connectivity index (χ4v) is 2.60. The molecule has 27 heavy (non-hydrogen) atoms.